The predicted molar refractivity (Wildman–Crippen MR) is 83.9 cm³/mol. The zero-order valence-electron chi connectivity index (χ0n) is 13.7. The van der Waals surface area contributed by atoms with E-state index in [2.05, 4.69) is 13.0 Å². The summed E-state index contributed by atoms with van der Waals surface area (Å²) in [5.41, 5.74) is 0.984. The third kappa shape index (κ3) is 3.60. The first-order valence-corrected chi connectivity index (χ1v) is 8.32. The van der Waals surface area contributed by atoms with Crippen LogP contribution in [0.25, 0.3) is 0 Å². The fraction of sp³-hybridized carbons (Fsp3) is 0.722. The van der Waals surface area contributed by atoms with Gasteiger partial charge in [0.2, 0.25) is 0 Å². The van der Waals surface area contributed by atoms with Gasteiger partial charge >= 0.3 is 5.97 Å². The van der Waals surface area contributed by atoms with Gasteiger partial charge < -0.3 is 9.84 Å². The van der Waals surface area contributed by atoms with E-state index >= 15 is 0 Å². The summed E-state index contributed by atoms with van der Waals surface area (Å²) >= 11 is 0. The smallest absolute Gasteiger partial charge is 0.308 e. The van der Waals surface area contributed by atoms with Crippen molar-refractivity contribution in [2.45, 2.75) is 52.2 Å². The number of alkyl halides is 1. The minimum Gasteiger partial charge on any atom is -0.461 e. The predicted octanol–water partition coefficient (Wildman–Crippen LogP) is 3.43. The van der Waals surface area contributed by atoms with Gasteiger partial charge in [0, 0.05) is 12.3 Å². The number of halogens is 1. The standard InChI is InChI=1S/C18H27FO3/c1-4-11(2)18(21)22-16-10-14(20)9-13-6-5-12(3)15(7-8-19)17(13)16/h5-6,9,11-12,14-17,20H,4,7-8,10H2,1-3H3/t11-,12-,14+,15-,16-,17-/m0/s1. The molecule has 0 aromatic heterocycles. The van der Waals surface area contributed by atoms with Crippen LogP contribution in [-0.4, -0.2) is 30.0 Å². The Morgan fingerprint density at radius 1 is 1.55 bits per heavy atom. The van der Waals surface area contributed by atoms with Gasteiger partial charge in [0.1, 0.15) is 6.10 Å². The molecule has 22 heavy (non-hydrogen) atoms. The Bertz CT molecular complexity index is 457. The van der Waals surface area contributed by atoms with Gasteiger partial charge in [-0.15, -0.1) is 0 Å². The first-order chi connectivity index (χ1) is 10.5. The SMILES string of the molecule is CC[C@H](C)C(=O)O[C@H]1C[C@H](O)C=C2C=C[C@H](C)[C@H](CCF)[C@H]21. The minimum atomic E-state index is -0.606. The zero-order valence-corrected chi connectivity index (χ0v) is 13.7. The van der Waals surface area contributed by atoms with E-state index in [0.29, 0.717) is 12.8 Å². The molecule has 0 aliphatic heterocycles. The molecule has 2 aliphatic carbocycles. The molecular weight excluding hydrogens is 283 g/mol. The number of hydrogen-bond acceptors (Lipinski definition) is 3. The first kappa shape index (κ1) is 17.2. The molecule has 1 N–H and O–H groups in total. The van der Waals surface area contributed by atoms with Gasteiger partial charge in [-0.2, -0.15) is 0 Å². The van der Waals surface area contributed by atoms with Crippen LogP contribution in [0.1, 0.15) is 40.0 Å². The molecule has 0 fully saturated rings. The summed E-state index contributed by atoms with van der Waals surface area (Å²) < 4.78 is 18.7. The second-order valence-corrected chi connectivity index (χ2v) is 6.64. The maximum Gasteiger partial charge on any atom is 0.308 e. The van der Waals surface area contributed by atoms with Crippen LogP contribution in [-0.2, 0) is 9.53 Å². The van der Waals surface area contributed by atoms with Crippen molar-refractivity contribution in [3.05, 3.63) is 23.8 Å². The lowest BCUT2D eigenvalue weighted by Gasteiger charge is -2.42. The van der Waals surface area contributed by atoms with Gasteiger partial charge in [0.25, 0.3) is 0 Å². The van der Waals surface area contributed by atoms with Gasteiger partial charge in [0.15, 0.2) is 0 Å². The van der Waals surface area contributed by atoms with Gasteiger partial charge in [-0.3, -0.25) is 9.18 Å². The molecule has 2 aliphatic rings. The highest BCUT2D eigenvalue weighted by Crippen LogP contribution is 2.43. The maximum atomic E-state index is 13.0. The molecule has 124 valence electrons. The Balaban J connectivity index is 2.24. The molecule has 0 saturated heterocycles. The number of aliphatic hydroxyl groups is 1. The number of carbonyl (C=O) groups excluding carboxylic acids is 1. The van der Waals surface area contributed by atoms with E-state index in [9.17, 15) is 14.3 Å². The first-order valence-electron chi connectivity index (χ1n) is 8.32. The van der Waals surface area contributed by atoms with E-state index in [0.717, 1.165) is 12.0 Å². The minimum absolute atomic E-state index is 0.00726. The number of rotatable bonds is 5. The highest BCUT2D eigenvalue weighted by molar-refractivity contribution is 5.72. The van der Waals surface area contributed by atoms with Gasteiger partial charge in [-0.25, -0.2) is 0 Å². The number of carbonyl (C=O) groups is 1. The molecule has 4 heteroatoms. The van der Waals surface area contributed by atoms with Gasteiger partial charge in [-0.05, 0) is 30.3 Å². The van der Waals surface area contributed by atoms with Crippen LogP contribution in [0.2, 0.25) is 0 Å². The molecular formula is C18H27FO3. The Labute approximate surface area is 132 Å². The zero-order chi connectivity index (χ0) is 16.3. The number of fused-ring (bicyclic) bond motifs is 1. The highest BCUT2D eigenvalue weighted by atomic mass is 19.1. The monoisotopic (exact) mass is 310 g/mol. The van der Waals surface area contributed by atoms with E-state index in [-0.39, 0.29) is 42.4 Å². The summed E-state index contributed by atoms with van der Waals surface area (Å²) in [5, 5.41) is 10.0. The van der Waals surface area contributed by atoms with Crippen LogP contribution in [0.15, 0.2) is 23.8 Å². The van der Waals surface area contributed by atoms with Crippen molar-refractivity contribution in [3.8, 4) is 0 Å². The second kappa shape index (κ2) is 7.40. The van der Waals surface area contributed by atoms with Crippen molar-refractivity contribution in [2.75, 3.05) is 6.67 Å². The van der Waals surface area contributed by atoms with Crippen LogP contribution in [0.5, 0.6) is 0 Å². The lowest BCUT2D eigenvalue weighted by atomic mass is 9.67. The van der Waals surface area contributed by atoms with Crippen molar-refractivity contribution in [2.24, 2.45) is 23.7 Å². The van der Waals surface area contributed by atoms with Crippen molar-refractivity contribution >= 4 is 5.97 Å². The fourth-order valence-corrected chi connectivity index (χ4v) is 3.54. The lowest BCUT2D eigenvalue weighted by molar-refractivity contribution is -0.159. The Hall–Kier alpha value is -1.16. The van der Waals surface area contributed by atoms with E-state index in [1.165, 1.54) is 0 Å². The molecule has 0 radical (unpaired) electrons. The quantitative estimate of drug-likeness (QED) is 0.791. The molecule has 0 spiro atoms. The molecule has 0 saturated carbocycles. The summed E-state index contributed by atoms with van der Waals surface area (Å²) in [6.45, 7) is 5.50. The summed E-state index contributed by atoms with van der Waals surface area (Å²) in [5.74, 6) is -0.0154. The Kier molecular flexibility index (Phi) is 5.79. The molecule has 0 amide bonds. The van der Waals surface area contributed by atoms with E-state index < -0.39 is 6.10 Å². The Morgan fingerprint density at radius 2 is 2.27 bits per heavy atom. The van der Waals surface area contributed by atoms with Crippen LogP contribution < -0.4 is 0 Å². The molecule has 3 nitrogen and oxygen atoms in total. The molecule has 0 heterocycles. The third-order valence-electron chi connectivity index (χ3n) is 5.10. The van der Waals surface area contributed by atoms with Gasteiger partial charge in [-0.1, -0.05) is 39.0 Å². The molecule has 0 aromatic rings. The third-order valence-corrected chi connectivity index (χ3v) is 5.10. The maximum absolute atomic E-state index is 13.0. The number of ether oxygens (including phenoxy) is 1. The van der Waals surface area contributed by atoms with Crippen LogP contribution >= 0.6 is 0 Å². The summed E-state index contributed by atoms with van der Waals surface area (Å²) in [7, 11) is 0. The number of allylic oxidation sites excluding steroid dienone is 2. The van der Waals surface area contributed by atoms with Crippen LogP contribution in [0.3, 0.4) is 0 Å². The molecule has 2 rings (SSSR count). The van der Waals surface area contributed by atoms with E-state index in [1.807, 2.05) is 26.0 Å². The number of hydrogen-bond donors (Lipinski definition) is 1. The molecule has 0 unspecified atom stereocenters. The van der Waals surface area contributed by atoms with Crippen molar-refractivity contribution in [1.82, 2.24) is 0 Å². The van der Waals surface area contributed by atoms with E-state index in [1.54, 1.807) is 0 Å². The van der Waals surface area contributed by atoms with Crippen molar-refractivity contribution in [3.63, 3.8) is 0 Å². The van der Waals surface area contributed by atoms with Crippen LogP contribution in [0.4, 0.5) is 4.39 Å². The van der Waals surface area contributed by atoms with Crippen molar-refractivity contribution < 1.29 is 19.0 Å². The summed E-state index contributed by atoms with van der Waals surface area (Å²) in [4.78, 5) is 12.2. The van der Waals surface area contributed by atoms with Crippen molar-refractivity contribution in [1.29, 1.82) is 0 Å². The van der Waals surface area contributed by atoms with Crippen LogP contribution in [0, 0.1) is 23.7 Å². The molecule has 0 bridgehead atoms. The summed E-state index contributed by atoms with van der Waals surface area (Å²) in [6.07, 6.45) is 6.51. The number of esters is 1. The number of aliphatic hydroxyl groups excluding tert-OH is 1. The van der Waals surface area contributed by atoms with Gasteiger partial charge in [0.05, 0.1) is 18.7 Å². The second-order valence-electron chi connectivity index (χ2n) is 6.64. The highest BCUT2D eigenvalue weighted by Gasteiger charge is 2.41. The average molecular weight is 310 g/mol. The molecule has 0 aromatic carbocycles. The Morgan fingerprint density at radius 3 is 2.91 bits per heavy atom. The summed E-state index contributed by atoms with van der Waals surface area (Å²) in [6, 6.07) is 0. The average Bonchev–Trinajstić information content (AvgIpc) is 2.49. The fourth-order valence-electron chi connectivity index (χ4n) is 3.54. The largest absolute Gasteiger partial charge is 0.461 e. The lowest BCUT2D eigenvalue weighted by Crippen LogP contribution is -2.43. The topological polar surface area (TPSA) is 46.5 Å². The normalized spacial score (nSPS) is 35.5. The van der Waals surface area contributed by atoms with E-state index in [4.69, 9.17) is 4.74 Å². The molecule has 6 atom stereocenters.